The van der Waals surface area contributed by atoms with Gasteiger partial charge in [0.1, 0.15) is 5.75 Å². The smallest absolute Gasteiger partial charge is 0.257 e. The van der Waals surface area contributed by atoms with Crippen LogP contribution in [0.5, 0.6) is 5.75 Å². The average molecular weight is 405 g/mol. The molecule has 0 aliphatic carbocycles. The van der Waals surface area contributed by atoms with E-state index >= 15 is 0 Å². The van der Waals surface area contributed by atoms with Crippen molar-refractivity contribution in [1.29, 1.82) is 0 Å². The maximum Gasteiger partial charge on any atom is 0.257 e. The van der Waals surface area contributed by atoms with Crippen molar-refractivity contribution in [1.82, 2.24) is 10.9 Å². The van der Waals surface area contributed by atoms with Crippen LogP contribution in [-0.2, 0) is 9.59 Å². The Kier molecular flexibility index (Phi) is 7.27. The lowest BCUT2D eigenvalue weighted by Crippen LogP contribution is -2.44. The quantitative estimate of drug-likeness (QED) is 0.393. The van der Waals surface area contributed by atoms with Gasteiger partial charge in [0.05, 0.1) is 13.2 Å². The topological polar surface area (TPSA) is 79.5 Å². The van der Waals surface area contributed by atoms with Crippen LogP contribution in [0.2, 0.25) is 0 Å². The normalized spacial score (nSPS) is 10.5. The van der Waals surface area contributed by atoms with Crippen LogP contribution in [0.1, 0.15) is 24.0 Å². The second-order valence-corrected chi connectivity index (χ2v) is 7.20. The Bertz CT molecular complexity index is 1030. The minimum absolute atomic E-state index is 0.0778. The maximum absolute atomic E-state index is 11.9. The van der Waals surface area contributed by atoms with Crippen molar-refractivity contribution < 1.29 is 14.3 Å². The van der Waals surface area contributed by atoms with Crippen LogP contribution in [0, 0.1) is 13.8 Å². The number of carbonyl (C=O) groups excluding carboxylic acids is 2. The van der Waals surface area contributed by atoms with Gasteiger partial charge in [0.15, 0.2) is 0 Å². The Hall–Kier alpha value is -3.54. The summed E-state index contributed by atoms with van der Waals surface area (Å²) in [5, 5.41) is 5.23. The van der Waals surface area contributed by atoms with E-state index in [0.29, 0.717) is 13.0 Å². The van der Waals surface area contributed by atoms with E-state index in [4.69, 9.17) is 4.74 Å². The Morgan fingerprint density at radius 1 is 0.900 bits per heavy atom. The first kappa shape index (κ1) is 21.2. The molecule has 0 saturated heterocycles. The molecule has 0 saturated carbocycles. The van der Waals surface area contributed by atoms with Gasteiger partial charge in [0, 0.05) is 17.5 Å². The number of hydrazine groups is 1. The first-order valence-electron chi connectivity index (χ1n) is 10.0. The zero-order valence-electron chi connectivity index (χ0n) is 17.3. The molecule has 3 N–H and O–H groups in total. The highest BCUT2D eigenvalue weighted by Gasteiger charge is 2.07. The number of amides is 2. The number of benzene rings is 3. The maximum atomic E-state index is 11.9. The van der Waals surface area contributed by atoms with Crippen LogP contribution >= 0.6 is 0 Å². The molecule has 0 radical (unpaired) electrons. The lowest BCUT2D eigenvalue weighted by molar-refractivity contribution is -0.128. The number of hydrogen-bond acceptors (Lipinski definition) is 4. The van der Waals surface area contributed by atoms with Gasteiger partial charge in [-0.2, -0.15) is 0 Å². The molecule has 0 aliphatic heterocycles. The summed E-state index contributed by atoms with van der Waals surface area (Å²) in [6.45, 7) is 4.50. The van der Waals surface area contributed by atoms with Crippen LogP contribution < -0.4 is 20.9 Å². The third kappa shape index (κ3) is 5.98. The molecule has 0 heterocycles. The van der Waals surface area contributed by atoms with Crippen LogP contribution in [0.4, 0.5) is 5.69 Å². The van der Waals surface area contributed by atoms with Gasteiger partial charge in [0.2, 0.25) is 5.91 Å². The summed E-state index contributed by atoms with van der Waals surface area (Å²) in [5.74, 6) is 0.242. The van der Waals surface area contributed by atoms with Gasteiger partial charge in [-0.3, -0.25) is 20.4 Å². The van der Waals surface area contributed by atoms with Crippen molar-refractivity contribution in [3.8, 4) is 5.75 Å². The first-order valence-corrected chi connectivity index (χ1v) is 10.0. The van der Waals surface area contributed by atoms with Crippen LogP contribution in [-0.4, -0.2) is 25.0 Å². The van der Waals surface area contributed by atoms with Gasteiger partial charge in [-0.15, -0.1) is 0 Å². The van der Waals surface area contributed by atoms with Gasteiger partial charge in [-0.25, -0.2) is 0 Å². The Morgan fingerprint density at radius 2 is 1.67 bits per heavy atom. The highest BCUT2D eigenvalue weighted by atomic mass is 16.5. The monoisotopic (exact) mass is 405 g/mol. The molecule has 3 rings (SSSR count). The third-order valence-electron chi connectivity index (χ3n) is 4.72. The van der Waals surface area contributed by atoms with E-state index in [9.17, 15) is 9.59 Å². The number of anilines is 1. The summed E-state index contributed by atoms with van der Waals surface area (Å²) in [5.41, 5.74) is 7.99. The minimum Gasteiger partial charge on any atom is -0.493 e. The van der Waals surface area contributed by atoms with E-state index in [1.165, 1.54) is 5.56 Å². The third-order valence-corrected chi connectivity index (χ3v) is 4.72. The highest BCUT2D eigenvalue weighted by molar-refractivity contribution is 5.88. The van der Waals surface area contributed by atoms with Gasteiger partial charge in [0.25, 0.3) is 5.91 Å². The van der Waals surface area contributed by atoms with Gasteiger partial charge in [-0.1, -0.05) is 54.1 Å². The fraction of sp³-hybridized carbons (Fsp3) is 0.250. The molecular weight excluding hydrogens is 378 g/mol. The highest BCUT2D eigenvalue weighted by Crippen LogP contribution is 2.25. The summed E-state index contributed by atoms with van der Waals surface area (Å²) in [7, 11) is 0. The molecule has 2 amide bonds. The number of hydrogen-bond donors (Lipinski definition) is 3. The lowest BCUT2D eigenvalue weighted by atomic mass is 10.1. The fourth-order valence-corrected chi connectivity index (χ4v) is 3.17. The second kappa shape index (κ2) is 10.3. The minimum atomic E-state index is -0.310. The molecule has 0 spiro atoms. The summed E-state index contributed by atoms with van der Waals surface area (Å²) in [6, 6.07) is 19.9. The van der Waals surface area contributed by atoms with Crippen LogP contribution in [0.15, 0.2) is 60.7 Å². The van der Waals surface area contributed by atoms with E-state index in [0.717, 1.165) is 27.8 Å². The molecule has 0 fully saturated rings. The molecular formula is C24H27N3O3. The summed E-state index contributed by atoms with van der Waals surface area (Å²) in [6.07, 6.45) is 0.807. The summed E-state index contributed by atoms with van der Waals surface area (Å²) in [4.78, 5) is 23.9. The largest absolute Gasteiger partial charge is 0.493 e. The molecule has 0 aliphatic rings. The van der Waals surface area contributed by atoms with Crippen molar-refractivity contribution in [2.24, 2.45) is 0 Å². The number of rotatable bonds is 8. The van der Waals surface area contributed by atoms with E-state index < -0.39 is 0 Å². The van der Waals surface area contributed by atoms with E-state index in [2.05, 4.69) is 16.2 Å². The summed E-state index contributed by atoms with van der Waals surface area (Å²) < 4.78 is 5.83. The Balaban J connectivity index is 1.34. The molecule has 0 aromatic heterocycles. The van der Waals surface area contributed by atoms with Crippen molar-refractivity contribution in [2.45, 2.75) is 26.7 Å². The van der Waals surface area contributed by atoms with E-state index in [-0.39, 0.29) is 24.8 Å². The fourth-order valence-electron chi connectivity index (χ4n) is 3.17. The number of aryl methyl sites for hydroxylation is 2. The van der Waals surface area contributed by atoms with Crippen molar-refractivity contribution >= 4 is 28.3 Å². The Labute approximate surface area is 176 Å². The van der Waals surface area contributed by atoms with Gasteiger partial charge in [-0.05, 0) is 43.4 Å². The molecule has 3 aromatic carbocycles. The SMILES string of the molecule is Cc1ccc(NCC(=O)NNC(=O)CCCOc2cccc3ccccc23)c(C)c1. The van der Waals surface area contributed by atoms with Crippen LogP contribution in [0.25, 0.3) is 10.8 Å². The number of carbonyl (C=O) groups is 2. The molecule has 30 heavy (non-hydrogen) atoms. The number of nitrogens with one attached hydrogen (secondary N) is 3. The van der Waals surface area contributed by atoms with Crippen LogP contribution in [0.3, 0.4) is 0 Å². The first-order chi connectivity index (χ1) is 14.5. The van der Waals surface area contributed by atoms with Crippen molar-refractivity contribution in [2.75, 3.05) is 18.5 Å². The van der Waals surface area contributed by atoms with Crippen molar-refractivity contribution in [3.05, 3.63) is 71.8 Å². The molecule has 6 nitrogen and oxygen atoms in total. The molecule has 0 unspecified atom stereocenters. The predicted octanol–water partition coefficient (Wildman–Crippen LogP) is 3.88. The van der Waals surface area contributed by atoms with Gasteiger partial charge >= 0.3 is 0 Å². The zero-order chi connectivity index (χ0) is 21.3. The molecule has 6 heteroatoms. The number of fused-ring (bicyclic) bond motifs is 1. The standard InChI is InChI=1S/C24H27N3O3/c1-17-12-13-21(18(2)15-17)25-16-24(29)27-26-23(28)11-6-14-30-22-10-5-8-19-7-3-4-9-20(19)22/h3-5,7-10,12-13,15,25H,6,11,14,16H2,1-2H3,(H,26,28)(H,27,29). The van der Waals surface area contributed by atoms with Crippen molar-refractivity contribution in [3.63, 3.8) is 0 Å². The van der Waals surface area contributed by atoms with E-state index in [1.54, 1.807) is 0 Å². The predicted molar refractivity (Wildman–Crippen MR) is 119 cm³/mol. The molecule has 0 bridgehead atoms. The second-order valence-electron chi connectivity index (χ2n) is 7.20. The summed E-state index contributed by atoms with van der Waals surface area (Å²) >= 11 is 0. The average Bonchev–Trinajstić information content (AvgIpc) is 2.74. The van der Waals surface area contributed by atoms with E-state index in [1.807, 2.05) is 74.5 Å². The molecule has 156 valence electrons. The molecule has 0 atom stereocenters. The molecule has 3 aromatic rings. The zero-order valence-corrected chi connectivity index (χ0v) is 17.3. The number of ether oxygens (including phenoxy) is 1. The van der Waals surface area contributed by atoms with Gasteiger partial charge < -0.3 is 10.1 Å². The Morgan fingerprint density at radius 3 is 2.50 bits per heavy atom. The lowest BCUT2D eigenvalue weighted by Gasteiger charge is -2.12.